The van der Waals surface area contributed by atoms with Gasteiger partial charge in [-0.05, 0) is 24.0 Å². The van der Waals surface area contributed by atoms with Gasteiger partial charge in [-0.15, -0.1) is 23.7 Å². The number of halogens is 2. The highest BCUT2D eigenvalue weighted by Gasteiger charge is 2.22. The maximum atomic E-state index is 5.89. The Hall–Kier alpha value is 0.240. The fourth-order valence-electron chi connectivity index (χ4n) is 1.73. The quantitative estimate of drug-likeness (QED) is 0.841. The number of hydrogen-bond donors (Lipinski definition) is 1. The van der Waals surface area contributed by atoms with E-state index < -0.39 is 0 Å². The lowest BCUT2D eigenvalue weighted by molar-refractivity contribution is 0.260. The Kier molecular flexibility index (Phi) is 6.95. The van der Waals surface area contributed by atoms with Gasteiger partial charge in [0, 0.05) is 17.5 Å². The van der Waals surface area contributed by atoms with Gasteiger partial charge in [0.05, 0.1) is 4.34 Å². The predicted octanol–water partition coefficient (Wildman–Crippen LogP) is 4.74. The Labute approximate surface area is 114 Å². The molecule has 0 spiro atoms. The fraction of sp³-hybridized carbons (Fsp3) is 0.667. The van der Waals surface area contributed by atoms with Gasteiger partial charge >= 0.3 is 0 Å². The smallest absolute Gasteiger partial charge is 0.0931 e. The third-order valence-electron chi connectivity index (χ3n) is 2.61. The van der Waals surface area contributed by atoms with Crippen LogP contribution in [0.4, 0.5) is 0 Å². The lowest BCUT2D eigenvalue weighted by Gasteiger charge is -2.30. The zero-order valence-corrected chi connectivity index (χ0v) is 12.7. The highest BCUT2D eigenvalue weighted by Crippen LogP contribution is 2.24. The van der Waals surface area contributed by atoms with Crippen LogP contribution in [0.1, 0.15) is 39.0 Å². The van der Waals surface area contributed by atoms with Crippen molar-refractivity contribution in [2.45, 2.75) is 46.7 Å². The van der Waals surface area contributed by atoms with Crippen molar-refractivity contribution in [1.82, 2.24) is 5.32 Å². The second-order valence-corrected chi connectivity index (χ2v) is 6.71. The SMILES string of the molecule is CCC(NCc1ccc(Cl)s1)C(C)(C)C.Cl. The summed E-state index contributed by atoms with van der Waals surface area (Å²) < 4.78 is 0.871. The summed E-state index contributed by atoms with van der Waals surface area (Å²) in [5.41, 5.74) is 0.315. The maximum Gasteiger partial charge on any atom is 0.0931 e. The molecular formula is C12H21Cl2NS. The van der Waals surface area contributed by atoms with Crippen LogP contribution < -0.4 is 5.32 Å². The molecule has 1 atom stereocenters. The monoisotopic (exact) mass is 281 g/mol. The van der Waals surface area contributed by atoms with Gasteiger partial charge < -0.3 is 5.32 Å². The van der Waals surface area contributed by atoms with E-state index in [-0.39, 0.29) is 12.4 Å². The minimum Gasteiger partial charge on any atom is -0.309 e. The van der Waals surface area contributed by atoms with E-state index in [0.717, 1.165) is 17.3 Å². The van der Waals surface area contributed by atoms with Crippen molar-refractivity contribution in [2.75, 3.05) is 0 Å². The van der Waals surface area contributed by atoms with Crippen LogP contribution in [0.2, 0.25) is 4.34 Å². The Morgan fingerprint density at radius 2 is 2.00 bits per heavy atom. The number of rotatable bonds is 4. The largest absolute Gasteiger partial charge is 0.309 e. The molecule has 1 aromatic heterocycles. The summed E-state index contributed by atoms with van der Waals surface area (Å²) >= 11 is 7.54. The molecule has 16 heavy (non-hydrogen) atoms. The molecule has 1 nitrogen and oxygen atoms in total. The first-order chi connectivity index (χ1) is 6.93. The summed E-state index contributed by atoms with van der Waals surface area (Å²) in [5.74, 6) is 0. The molecule has 0 aliphatic heterocycles. The first-order valence-electron chi connectivity index (χ1n) is 5.41. The van der Waals surface area contributed by atoms with Crippen molar-refractivity contribution >= 4 is 35.3 Å². The van der Waals surface area contributed by atoms with E-state index in [1.165, 1.54) is 4.88 Å². The normalized spacial score (nSPS) is 13.3. The molecule has 1 aromatic rings. The van der Waals surface area contributed by atoms with Crippen molar-refractivity contribution < 1.29 is 0 Å². The van der Waals surface area contributed by atoms with Crippen LogP contribution in [0.25, 0.3) is 0 Å². The average molecular weight is 282 g/mol. The lowest BCUT2D eigenvalue weighted by Crippen LogP contribution is -2.39. The first kappa shape index (κ1) is 16.2. The van der Waals surface area contributed by atoms with Crippen LogP contribution >= 0.6 is 35.3 Å². The van der Waals surface area contributed by atoms with Gasteiger partial charge in [-0.3, -0.25) is 0 Å². The predicted molar refractivity (Wildman–Crippen MR) is 77.0 cm³/mol. The van der Waals surface area contributed by atoms with Crippen molar-refractivity contribution in [3.63, 3.8) is 0 Å². The Balaban J connectivity index is 0.00000225. The Bertz CT molecular complexity index is 304. The number of thiophene rings is 1. The van der Waals surface area contributed by atoms with Crippen LogP contribution in [0.5, 0.6) is 0 Å². The molecule has 1 unspecified atom stereocenters. The molecule has 94 valence electrons. The summed E-state index contributed by atoms with van der Waals surface area (Å²) in [6.45, 7) is 9.97. The molecule has 1 heterocycles. The van der Waals surface area contributed by atoms with E-state index in [9.17, 15) is 0 Å². The van der Waals surface area contributed by atoms with E-state index in [4.69, 9.17) is 11.6 Å². The summed E-state index contributed by atoms with van der Waals surface area (Å²) in [5, 5.41) is 3.59. The van der Waals surface area contributed by atoms with Crippen LogP contribution in [-0.2, 0) is 6.54 Å². The Morgan fingerprint density at radius 3 is 2.38 bits per heavy atom. The summed E-state index contributed by atoms with van der Waals surface area (Å²) in [4.78, 5) is 1.31. The van der Waals surface area contributed by atoms with E-state index in [1.54, 1.807) is 11.3 Å². The molecule has 0 aromatic carbocycles. The van der Waals surface area contributed by atoms with E-state index in [1.807, 2.05) is 6.07 Å². The van der Waals surface area contributed by atoms with Crippen molar-refractivity contribution in [3.8, 4) is 0 Å². The number of hydrogen-bond acceptors (Lipinski definition) is 2. The van der Waals surface area contributed by atoms with Crippen LogP contribution in [-0.4, -0.2) is 6.04 Å². The molecule has 0 fully saturated rings. The maximum absolute atomic E-state index is 5.89. The van der Waals surface area contributed by atoms with Gasteiger partial charge in [0.2, 0.25) is 0 Å². The molecule has 0 aliphatic rings. The summed E-state index contributed by atoms with van der Waals surface area (Å²) in [6, 6.07) is 4.61. The van der Waals surface area contributed by atoms with Crippen LogP contribution in [0, 0.1) is 5.41 Å². The van der Waals surface area contributed by atoms with Crippen molar-refractivity contribution in [3.05, 3.63) is 21.3 Å². The molecule has 0 aliphatic carbocycles. The van der Waals surface area contributed by atoms with Crippen LogP contribution in [0.15, 0.2) is 12.1 Å². The van der Waals surface area contributed by atoms with Crippen molar-refractivity contribution in [2.24, 2.45) is 5.41 Å². The van der Waals surface area contributed by atoms with E-state index in [0.29, 0.717) is 11.5 Å². The summed E-state index contributed by atoms with van der Waals surface area (Å²) in [7, 11) is 0. The third kappa shape index (κ3) is 5.05. The molecule has 1 N–H and O–H groups in total. The second kappa shape index (κ2) is 6.85. The fourth-order valence-corrected chi connectivity index (χ4v) is 2.77. The third-order valence-corrected chi connectivity index (χ3v) is 3.84. The first-order valence-corrected chi connectivity index (χ1v) is 6.60. The molecule has 0 radical (unpaired) electrons. The van der Waals surface area contributed by atoms with E-state index in [2.05, 4.69) is 39.1 Å². The highest BCUT2D eigenvalue weighted by atomic mass is 35.5. The zero-order valence-electron chi connectivity index (χ0n) is 10.3. The van der Waals surface area contributed by atoms with Crippen molar-refractivity contribution in [1.29, 1.82) is 0 Å². The molecular weight excluding hydrogens is 261 g/mol. The summed E-state index contributed by atoms with van der Waals surface area (Å²) in [6.07, 6.45) is 1.16. The van der Waals surface area contributed by atoms with Gasteiger partial charge in [-0.25, -0.2) is 0 Å². The van der Waals surface area contributed by atoms with Gasteiger partial charge in [-0.1, -0.05) is 39.3 Å². The van der Waals surface area contributed by atoms with Crippen LogP contribution in [0.3, 0.4) is 0 Å². The van der Waals surface area contributed by atoms with Gasteiger partial charge in [0.25, 0.3) is 0 Å². The number of nitrogens with one attached hydrogen (secondary N) is 1. The molecule has 4 heteroatoms. The minimum absolute atomic E-state index is 0. The zero-order chi connectivity index (χ0) is 11.5. The average Bonchev–Trinajstić information content (AvgIpc) is 2.50. The highest BCUT2D eigenvalue weighted by molar-refractivity contribution is 7.16. The van der Waals surface area contributed by atoms with Gasteiger partial charge in [-0.2, -0.15) is 0 Å². The molecule has 1 rings (SSSR count). The standard InChI is InChI=1S/C12H20ClNS.ClH/c1-5-10(12(2,3)4)14-8-9-6-7-11(13)15-9;/h6-7,10,14H,5,8H2,1-4H3;1H. The minimum atomic E-state index is 0. The second-order valence-electron chi connectivity index (χ2n) is 4.91. The topological polar surface area (TPSA) is 12.0 Å². The lowest BCUT2D eigenvalue weighted by atomic mass is 9.85. The molecule has 0 bridgehead atoms. The molecule has 0 amide bonds. The Morgan fingerprint density at radius 1 is 1.38 bits per heavy atom. The molecule has 0 saturated carbocycles. The van der Waals surface area contributed by atoms with E-state index >= 15 is 0 Å². The molecule has 0 saturated heterocycles. The van der Waals surface area contributed by atoms with Gasteiger partial charge in [0.15, 0.2) is 0 Å². The van der Waals surface area contributed by atoms with Gasteiger partial charge in [0.1, 0.15) is 0 Å².